The van der Waals surface area contributed by atoms with Crippen LogP contribution in [0.15, 0.2) is 0 Å². The summed E-state index contributed by atoms with van der Waals surface area (Å²) in [6, 6.07) is 0. The number of ether oxygens (including phenoxy) is 1. The van der Waals surface area contributed by atoms with E-state index in [1.54, 1.807) is 4.90 Å². The maximum atomic E-state index is 11.6. The van der Waals surface area contributed by atoms with Gasteiger partial charge in [-0.15, -0.1) is 0 Å². The van der Waals surface area contributed by atoms with Gasteiger partial charge in [-0.1, -0.05) is 0 Å². The summed E-state index contributed by atoms with van der Waals surface area (Å²) >= 11 is 0. The predicted molar refractivity (Wildman–Crippen MR) is 56.6 cm³/mol. The lowest BCUT2D eigenvalue weighted by Gasteiger charge is -2.35. The van der Waals surface area contributed by atoms with Gasteiger partial charge in [-0.2, -0.15) is 0 Å². The monoisotopic (exact) mass is 213 g/mol. The molecule has 0 aliphatic carbocycles. The van der Waals surface area contributed by atoms with Gasteiger partial charge in [0, 0.05) is 39.0 Å². The van der Waals surface area contributed by atoms with Crippen LogP contribution in [0, 0.1) is 0 Å². The fourth-order valence-electron chi connectivity index (χ4n) is 2.31. The highest BCUT2D eigenvalue weighted by Crippen LogP contribution is 2.32. The van der Waals surface area contributed by atoms with E-state index in [2.05, 4.69) is 11.9 Å². The minimum Gasteiger partial charge on any atom is -0.441 e. The molecule has 0 radical (unpaired) electrons. The van der Waals surface area contributed by atoms with Gasteiger partial charge < -0.3 is 20.3 Å². The molecule has 2 heterocycles. The Labute approximate surface area is 90.1 Å². The van der Waals surface area contributed by atoms with Crippen LogP contribution < -0.4 is 5.73 Å². The Morgan fingerprint density at radius 2 is 2.13 bits per heavy atom. The van der Waals surface area contributed by atoms with Gasteiger partial charge in [-0.3, -0.25) is 0 Å². The Morgan fingerprint density at radius 3 is 2.73 bits per heavy atom. The average molecular weight is 213 g/mol. The van der Waals surface area contributed by atoms with Crippen LogP contribution in [0.25, 0.3) is 0 Å². The molecule has 0 aromatic heterocycles. The summed E-state index contributed by atoms with van der Waals surface area (Å²) in [6.45, 7) is 3.84. The molecule has 2 saturated heterocycles. The maximum Gasteiger partial charge on any atom is 0.410 e. The molecule has 1 spiro atoms. The quantitative estimate of drug-likeness (QED) is 0.693. The van der Waals surface area contributed by atoms with Gasteiger partial charge in [-0.25, -0.2) is 4.79 Å². The fraction of sp³-hybridized carbons (Fsp3) is 0.900. The summed E-state index contributed by atoms with van der Waals surface area (Å²) in [7, 11) is 2.10. The molecular formula is C10H19N3O2. The third-order valence-electron chi connectivity index (χ3n) is 3.34. The average Bonchev–Trinajstić information content (AvgIpc) is 2.50. The van der Waals surface area contributed by atoms with E-state index < -0.39 is 0 Å². The van der Waals surface area contributed by atoms with Gasteiger partial charge >= 0.3 is 6.09 Å². The molecule has 0 unspecified atom stereocenters. The molecule has 0 atom stereocenters. The summed E-state index contributed by atoms with van der Waals surface area (Å²) < 4.78 is 5.51. The second kappa shape index (κ2) is 3.98. The lowest BCUT2D eigenvalue weighted by atomic mass is 9.91. The number of nitrogens with two attached hydrogens (primary N) is 1. The molecule has 2 rings (SSSR count). The van der Waals surface area contributed by atoms with Crippen molar-refractivity contribution in [1.29, 1.82) is 0 Å². The SMILES string of the molecule is CN1CCC2(CC1)CN(CCN)C(=O)O2. The van der Waals surface area contributed by atoms with Crippen LogP contribution in [-0.4, -0.2) is 61.3 Å². The standard InChI is InChI=1S/C10H19N3O2/c1-12-5-2-10(3-6-12)8-13(7-4-11)9(14)15-10/h2-8,11H2,1H3. The highest BCUT2D eigenvalue weighted by molar-refractivity contribution is 5.70. The summed E-state index contributed by atoms with van der Waals surface area (Å²) in [6.07, 6.45) is 1.69. The number of carbonyl (C=O) groups is 1. The van der Waals surface area contributed by atoms with Crippen LogP contribution in [0.4, 0.5) is 4.79 Å². The third-order valence-corrected chi connectivity index (χ3v) is 3.34. The highest BCUT2D eigenvalue weighted by atomic mass is 16.6. The summed E-state index contributed by atoms with van der Waals surface area (Å²) in [5.74, 6) is 0. The molecule has 86 valence electrons. The molecule has 1 amide bonds. The number of carbonyl (C=O) groups excluding carboxylic acids is 1. The number of amides is 1. The van der Waals surface area contributed by atoms with Gasteiger partial charge in [0.05, 0.1) is 6.54 Å². The van der Waals surface area contributed by atoms with E-state index in [1.807, 2.05) is 0 Å². The Balaban J connectivity index is 1.97. The zero-order chi connectivity index (χ0) is 10.9. The molecule has 2 fully saturated rings. The minimum absolute atomic E-state index is 0.190. The van der Waals surface area contributed by atoms with Crippen LogP contribution in [0.3, 0.4) is 0 Å². The van der Waals surface area contributed by atoms with Gasteiger partial charge in [0.25, 0.3) is 0 Å². The van der Waals surface area contributed by atoms with Crippen molar-refractivity contribution in [3.63, 3.8) is 0 Å². The molecular weight excluding hydrogens is 194 g/mol. The first-order chi connectivity index (χ1) is 7.15. The van der Waals surface area contributed by atoms with Crippen LogP contribution in [-0.2, 0) is 4.74 Å². The molecule has 15 heavy (non-hydrogen) atoms. The lowest BCUT2D eigenvalue weighted by Crippen LogP contribution is -2.45. The second-order valence-electron chi connectivity index (χ2n) is 4.56. The number of nitrogens with zero attached hydrogens (tertiary/aromatic N) is 2. The fourth-order valence-corrected chi connectivity index (χ4v) is 2.31. The van der Waals surface area contributed by atoms with Crippen LogP contribution in [0.5, 0.6) is 0 Å². The first-order valence-electron chi connectivity index (χ1n) is 5.52. The lowest BCUT2D eigenvalue weighted by molar-refractivity contribution is 0.00659. The Hall–Kier alpha value is -0.810. The van der Waals surface area contributed by atoms with Crippen molar-refractivity contribution < 1.29 is 9.53 Å². The zero-order valence-electron chi connectivity index (χ0n) is 9.24. The number of hydrogen-bond donors (Lipinski definition) is 1. The van der Waals surface area contributed by atoms with Crippen LogP contribution in [0.2, 0.25) is 0 Å². The molecule has 0 bridgehead atoms. The van der Waals surface area contributed by atoms with Gasteiger partial charge in [0.2, 0.25) is 0 Å². The van der Waals surface area contributed by atoms with E-state index in [0.717, 1.165) is 32.5 Å². The topological polar surface area (TPSA) is 58.8 Å². The predicted octanol–water partition coefficient (Wildman–Crippen LogP) is -0.138. The van der Waals surface area contributed by atoms with Crippen LogP contribution in [0.1, 0.15) is 12.8 Å². The van der Waals surface area contributed by atoms with Crippen molar-refractivity contribution in [1.82, 2.24) is 9.80 Å². The van der Waals surface area contributed by atoms with E-state index in [9.17, 15) is 4.79 Å². The van der Waals surface area contributed by atoms with E-state index in [-0.39, 0.29) is 11.7 Å². The van der Waals surface area contributed by atoms with Crippen molar-refractivity contribution in [2.24, 2.45) is 5.73 Å². The Morgan fingerprint density at radius 1 is 1.47 bits per heavy atom. The number of likely N-dealkylation sites (tertiary alicyclic amines) is 1. The Kier molecular flexibility index (Phi) is 2.84. The molecule has 2 N–H and O–H groups in total. The molecule has 2 aliphatic rings. The minimum atomic E-state index is -0.223. The first kappa shape index (κ1) is 10.7. The van der Waals surface area contributed by atoms with Gasteiger partial charge in [0.15, 0.2) is 0 Å². The normalized spacial score (nSPS) is 26.0. The molecule has 5 nitrogen and oxygen atoms in total. The van der Waals surface area contributed by atoms with E-state index in [0.29, 0.717) is 13.1 Å². The van der Waals surface area contributed by atoms with E-state index >= 15 is 0 Å². The van der Waals surface area contributed by atoms with E-state index in [1.165, 1.54) is 0 Å². The molecule has 2 aliphatic heterocycles. The largest absolute Gasteiger partial charge is 0.441 e. The summed E-state index contributed by atoms with van der Waals surface area (Å²) in [5.41, 5.74) is 5.23. The van der Waals surface area contributed by atoms with Crippen molar-refractivity contribution in [3.8, 4) is 0 Å². The van der Waals surface area contributed by atoms with Crippen molar-refractivity contribution in [2.45, 2.75) is 18.4 Å². The third kappa shape index (κ3) is 2.08. The summed E-state index contributed by atoms with van der Waals surface area (Å²) in [5, 5.41) is 0. The molecule has 5 heteroatoms. The molecule has 0 aromatic rings. The maximum absolute atomic E-state index is 11.6. The van der Waals surface area contributed by atoms with Crippen molar-refractivity contribution in [3.05, 3.63) is 0 Å². The summed E-state index contributed by atoms with van der Waals surface area (Å²) in [4.78, 5) is 15.5. The van der Waals surface area contributed by atoms with Gasteiger partial charge in [-0.05, 0) is 7.05 Å². The first-order valence-corrected chi connectivity index (χ1v) is 5.52. The van der Waals surface area contributed by atoms with E-state index in [4.69, 9.17) is 10.5 Å². The number of piperidine rings is 1. The Bertz CT molecular complexity index is 249. The van der Waals surface area contributed by atoms with Gasteiger partial charge in [0.1, 0.15) is 5.60 Å². The second-order valence-corrected chi connectivity index (χ2v) is 4.56. The smallest absolute Gasteiger partial charge is 0.410 e. The highest BCUT2D eigenvalue weighted by Gasteiger charge is 2.46. The number of hydrogen-bond acceptors (Lipinski definition) is 4. The van der Waals surface area contributed by atoms with Crippen LogP contribution >= 0.6 is 0 Å². The molecule has 0 aromatic carbocycles. The number of rotatable bonds is 2. The molecule has 0 saturated carbocycles. The van der Waals surface area contributed by atoms with Crippen molar-refractivity contribution in [2.75, 3.05) is 39.8 Å². The zero-order valence-corrected chi connectivity index (χ0v) is 9.24. The van der Waals surface area contributed by atoms with Crippen molar-refractivity contribution >= 4 is 6.09 Å².